The second kappa shape index (κ2) is 6.25. The van der Waals surface area contributed by atoms with E-state index in [1.54, 1.807) is 25.1 Å². The maximum absolute atomic E-state index is 5.73. The molecule has 0 aliphatic heterocycles. The van der Waals surface area contributed by atoms with Gasteiger partial charge in [0.05, 0.1) is 36.6 Å². The number of methoxy groups -OCH3 is 2. The molecule has 6 nitrogen and oxygen atoms in total. The van der Waals surface area contributed by atoms with Gasteiger partial charge < -0.3 is 9.47 Å². The Morgan fingerprint density at radius 1 is 1.35 bits per heavy atom. The Kier molecular flexibility index (Phi) is 4.64. The van der Waals surface area contributed by atoms with Crippen molar-refractivity contribution >= 4 is 15.9 Å². The van der Waals surface area contributed by atoms with Gasteiger partial charge in [-0.25, -0.2) is 5.43 Å². The van der Waals surface area contributed by atoms with Crippen molar-refractivity contribution in [2.75, 3.05) is 14.2 Å². The number of rotatable bonds is 5. The van der Waals surface area contributed by atoms with Gasteiger partial charge in [-0.1, -0.05) is 0 Å². The Labute approximate surface area is 126 Å². The molecule has 1 atom stereocenters. The zero-order valence-corrected chi connectivity index (χ0v) is 13.1. The Morgan fingerprint density at radius 2 is 2.10 bits per heavy atom. The smallest absolute Gasteiger partial charge is 0.127 e. The highest BCUT2D eigenvalue weighted by molar-refractivity contribution is 9.10. The van der Waals surface area contributed by atoms with Crippen LogP contribution in [0, 0.1) is 0 Å². The largest absolute Gasteiger partial charge is 0.497 e. The topological polar surface area (TPSA) is 74.3 Å². The van der Waals surface area contributed by atoms with Gasteiger partial charge in [0, 0.05) is 18.7 Å². The van der Waals surface area contributed by atoms with E-state index in [9.17, 15) is 0 Å². The predicted molar refractivity (Wildman–Crippen MR) is 79.6 cm³/mol. The van der Waals surface area contributed by atoms with E-state index in [4.69, 9.17) is 15.3 Å². The molecule has 2 aromatic rings. The molecule has 0 amide bonds. The lowest BCUT2D eigenvalue weighted by Crippen LogP contribution is -2.31. The number of nitrogens with zero attached hydrogens (tertiary/aromatic N) is 2. The Balaban J connectivity index is 2.52. The summed E-state index contributed by atoms with van der Waals surface area (Å²) in [5.74, 6) is 7.15. The molecule has 2 rings (SSSR count). The third kappa shape index (κ3) is 2.65. The van der Waals surface area contributed by atoms with Crippen LogP contribution >= 0.6 is 15.9 Å². The molecule has 0 radical (unpaired) electrons. The van der Waals surface area contributed by atoms with Crippen LogP contribution in [0.15, 0.2) is 28.9 Å². The Morgan fingerprint density at radius 3 is 2.60 bits per heavy atom. The average molecular weight is 341 g/mol. The minimum absolute atomic E-state index is 0.252. The van der Waals surface area contributed by atoms with Crippen LogP contribution in [0.1, 0.15) is 17.3 Å². The monoisotopic (exact) mass is 340 g/mol. The van der Waals surface area contributed by atoms with Crippen LogP contribution in [0.5, 0.6) is 11.5 Å². The summed E-state index contributed by atoms with van der Waals surface area (Å²) in [5.41, 5.74) is 4.62. The molecule has 0 fully saturated rings. The van der Waals surface area contributed by atoms with Crippen LogP contribution in [0.4, 0.5) is 0 Å². The highest BCUT2D eigenvalue weighted by Crippen LogP contribution is 2.34. The van der Waals surface area contributed by atoms with Crippen molar-refractivity contribution in [3.8, 4) is 11.5 Å². The van der Waals surface area contributed by atoms with Crippen molar-refractivity contribution in [1.82, 2.24) is 15.2 Å². The van der Waals surface area contributed by atoms with Crippen molar-refractivity contribution in [1.29, 1.82) is 0 Å². The summed E-state index contributed by atoms with van der Waals surface area (Å²) in [5, 5.41) is 4.21. The zero-order valence-electron chi connectivity index (χ0n) is 11.6. The summed E-state index contributed by atoms with van der Waals surface area (Å²) < 4.78 is 13.3. The quantitative estimate of drug-likeness (QED) is 0.640. The molecule has 1 aromatic carbocycles. The van der Waals surface area contributed by atoms with Gasteiger partial charge in [-0.3, -0.25) is 10.5 Å². The second-order valence-electron chi connectivity index (χ2n) is 4.21. The van der Waals surface area contributed by atoms with E-state index in [2.05, 4.69) is 26.5 Å². The first-order valence-corrected chi connectivity index (χ1v) is 6.77. The number of nitrogens with two attached hydrogens (primary N) is 1. The van der Waals surface area contributed by atoms with E-state index in [1.165, 1.54) is 0 Å². The van der Waals surface area contributed by atoms with E-state index in [-0.39, 0.29) is 6.04 Å². The normalized spacial score (nSPS) is 12.2. The molecule has 0 spiro atoms. The number of benzene rings is 1. The summed E-state index contributed by atoms with van der Waals surface area (Å²) in [4.78, 5) is 0. The number of aromatic nitrogens is 2. The van der Waals surface area contributed by atoms with Crippen LogP contribution in [0.2, 0.25) is 0 Å². The number of nitrogens with one attached hydrogen (secondary N) is 1. The summed E-state index contributed by atoms with van der Waals surface area (Å²) in [6.45, 7) is 0. The summed E-state index contributed by atoms with van der Waals surface area (Å²) in [7, 11) is 5.09. The molecule has 0 saturated carbocycles. The maximum Gasteiger partial charge on any atom is 0.127 e. The third-order valence-electron chi connectivity index (χ3n) is 3.13. The van der Waals surface area contributed by atoms with Crippen molar-refractivity contribution < 1.29 is 9.47 Å². The van der Waals surface area contributed by atoms with Crippen molar-refractivity contribution in [3.05, 3.63) is 40.1 Å². The number of ether oxygens (including phenoxy) is 2. The van der Waals surface area contributed by atoms with Gasteiger partial charge in [-0.05, 0) is 28.1 Å². The third-order valence-corrected chi connectivity index (χ3v) is 3.74. The molecule has 1 heterocycles. The molecule has 0 saturated heterocycles. The number of hydrogen-bond acceptors (Lipinski definition) is 5. The minimum atomic E-state index is -0.252. The zero-order chi connectivity index (χ0) is 14.7. The highest BCUT2D eigenvalue weighted by atomic mass is 79.9. The van der Waals surface area contributed by atoms with Crippen LogP contribution in [-0.2, 0) is 7.05 Å². The van der Waals surface area contributed by atoms with Crippen LogP contribution in [0.3, 0.4) is 0 Å². The Hall–Kier alpha value is -1.57. The first-order valence-electron chi connectivity index (χ1n) is 5.97. The van der Waals surface area contributed by atoms with E-state index >= 15 is 0 Å². The van der Waals surface area contributed by atoms with Crippen molar-refractivity contribution in [2.24, 2.45) is 12.9 Å². The molecular formula is C13H17BrN4O2. The first kappa shape index (κ1) is 14.8. The van der Waals surface area contributed by atoms with Crippen molar-refractivity contribution in [3.63, 3.8) is 0 Å². The van der Waals surface area contributed by atoms with E-state index in [1.807, 2.05) is 25.2 Å². The molecule has 0 aliphatic rings. The van der Waals surface area contributed by atoms with Crippen LogP contribution in [0.25, 0.3) is 0 Å². The van der Waals surface area contributed by atoms with Gasteiger partial charge in [0.25, 0.3) is 0 Å². The van der Waals surface area contributed by atoms with Gasteiger partial charge in [0.15, 0.2) is 0 Å². The number of hydrazine groups is 1. The lowest BCUT2D eigenvalue weighted by molar-refractivity contribution is 0.386. The fraction of sp³-hybridized carbons (Fsp3) is 0.308. The van der Waals surface area contributed by atoms with Gasteiger partial charge in [-0.15, -0.1) is 0 Å². The van der Waals surface area contributed by atoms with Gasteiger partial charge in [-0.2, -0.15) is 5.10 Å². The number of hydrogen-bond donors (Lipinski definition) is 2. The summed E-state index contributed by atoms with van der Waals surface area (Å²) >= 11 is 3.49. The van der Waals surface area contributed by atoms with Crippen molar-refractivity contribution in [2.45, 2.75) is 6.04 Å². The number of halogens is 1. The molecule has 0 aliphatic carbocycles. The fourth-order valence-electron chi connectivity index (χ4n) is 2.12. The average Bonchev–Trinajstić information content (AvgIpc) is 2.80. The number of aryl methyl sites for hydroxylation is 1. The Bertz CT molecular complexity index is 581. The molecule has 0 bridgehead atoms. The molecule has 7 heteroatoms. The van der Waals surface area contributed by atoms with Gasteiger partial charge in [0.1, 0.15) is 11.5 Å². The van der Waals surface area contributed by atoms with Crippen LogP contribution in [-0.4, -0.2) is 24.0 Å². The summed E-state index contributed by atoms with van der Waals surface area (Å²) in [6, 6.07) is 5.36. The lowest BCUT2D eigenvalue weighted by atomic mass is 10.0. The van der Waals surface area contributed by atoms with E-state index in [0.717, 1.165) is 21.5 Å². The molecule has 108 valence electrons. The lowest BCUT2D eigenvalue weighted by Gasteiger charge is -2.20. The van der Waals surface area contributed by atoms with E-state index < -0.39 is 0 Å². The second-order valence-corrected chi connectivity index (χ2v) is 5.06. The first-order chi connectivity index (χ1) is 9.62. The highest BCUT2D eigenvalue weighted by Gasteiger charge is 2.23. The molecule has 20 heavy (non-hydrogen) atoms. The standard InChI is InChI=1S/C13H17BrN4O2/c1-18-13(10(14)7-16-18)12(17-15)9-5-4-8(19-2)6-11(9)20-3/h4-7,12,17H,15H2,1-3H3. The van der Waals surface area contributed by atoms with Gasteiger partial charge in [0.2, 0.25) is 0 Å². The predicted octanol–water partition coefficient (Wildman–Crippen LogP) is 1.75. The van der Waals surface area contributed by atoms with Crippen LogP contribution < -0.4 is 20.7 Å². The fourth-order valence-corrected chi connectivity index (χ4v) is 2.69. The molecular weight excluding hydrogens is 324 g/mol. The summed E-state index contributed by atoms with van der Waals surface area (Å²) in [6.07, 6.45) is 1.73. The minimum Gasteiger partial charge on any atom is -0.497 e. The van der Waals surface area contributed by atoms with E-state index in [0.29, 0.717) is 5.75 Å². The molecule has 1 unspecified atom stereocenters. The van der Waals surface area contributed by atoms with Gasteiger partial charge >= 0.3 is 0 Å². The molecule has 3 N–H and O–H groups in total. The molecule has 1 aromatic heterocycles. The SMILES string of the molecule is COc1ccc(C(NN)c2c(Br)cnn2C)c(OC)c1. The maximum atomic E-state index is 5.73.